The van der Waals surface area contributed by atoms with Gasteiger partial charge in [0.25, 0.3) is 0 Å². The van der Waals surface area contributed by atoms with E-state index in [1.807, 2.05) is 0 Å². The molecule has 0 aromatic heterocycles. The maximum atomic E-state index is 11.3. The molecule has 4 heteroatoms. The zero-order chi connectivity index (χ0) is 10.0. The highest BCUT2D eigenvalue weighted by molar-refractivity contribution is 5.92. The first-order valence-electron chi connectivity index (χ1n) is 4.50. The van der Waals surface area contributed by atoms with Crippen molar-refractivity contribution >= 4 is 11.6 Å². The SMILES string of the molecule is CC(C)C(=O)CC1N[C@H](O)CC1=O. The Morgan fingerprint density at radius 1 is 1.69 bits per heavy atom. The number of ketones is 2. The topological polar surface area (TPSA) is 66.4 Å². The lowest BCUT2D eigenvalue weighted by molar-refractivity contribution is -0.126. The number of hydrogen-bond donors (Lipinski definition) is 2. The van der Waals surface area contributed by atoms with E-state index in [2.05, 4.69) is 5.32 Å². The van der Waals surface area contributed by atoms with E-state index in [1.54, 1.807) is 13.8 Å². The van der Waals surface area contributed by atoms with Crippen molar-refractivity contribution < 1.29 is 14.7 Å². The molecule has 2 atom stereocenters. The standard InChI is InChI=1S/C9H15NO3/c1-5(2)7(11)3-6-8(12)4-9(13)10-6/h5-6,9-10,13H,3-4H2,1-2H3/t6?,9-/m1/s1. The summed E-state index contributed by atoms with van der Waals surface area (Å²) in [7, 11) is 0. The minimum absolute atomic E-state index is 0.0488. The molecule has 1 heterocycles. The first kappa shape index (κ1) is 10.3. The third-order valence-corrected chi connectivity index (χ3v) is 2.23. The molecule has 1 rings (SSSR count). The second-order valence-electron chi connectivity index (χ2n) is 3.73. The summed E-state index contributed by atoms with van der Waals surface area (Å²) in [6.45, 7) is 3.61. The van der Waals surface area contributed by atoms with E-state index in [-0.39, 0.29) is 30.3 Å². The van der Waals surface area contributed by atoms with Gasteiger partial charge in [0.1, 0.15) is 12.0 Å². The van der Waals surface area contributed by atoms with Gasteiger partial charge in [0.2, 0.25) is 0 Å². The number of aliphatic hydroxyl groups excluding tert-OH is 1. The lowest BCUT2D eigenvalue weighted by Gasteiger charge is -2.10. The van der Waals surface area contributed by atoms with E-state index in [0.717, 1.165) is 0 Å². The maximum absolute atomic E-state index is 11.3. The molecule has 0 spiro atoms. The van der Waals surface area contributed by atoms with Gasteiger partial charge in [0.05, 0.1) is 6.04 Å². The van der Waals surface area contributed by atoms with E-state index < -0.39 is 12.3 Å². The monoisotopic (exact) mass is 185 g/mol. The van der Waals surface area contributed by atoms with Gasteiger partial charge in [-0.05, 0) is 0 Å². The second-order valence-corrected chi connectivity index (χ2v) is 3.73. The fourth-order valence-electron chi connectivity index (χ4n) is 1.33. The molecule has 0 radical (unpaired) electrons. The fraction of sp³-hybridized carbons (Fsp3) is 0.778. The van der Waals surface area contributed by atoms with Gasteiger partial charge in [-0.1, -0.05) is 13.8 Å². The Morgan fingerprint density at radius 2 is 2.31 bits per heavy atom. The average Bonchev–Trinajstić information content (AvgIpc) is 2.30. The van der Waals surface area contributed by atoms with Gasteiger partial charge in [-0.3, -0.25) is 14.9 Å². The Balaban J connectivity index is 2.46. The number of hydrogen-bond acceptors (Lipinski definition) is 4. The van der Waals surface area contributed by atoms with Crippen molar-refractivity contribution in [3.05, 3.63) is 0 Å². The smallest absolute Gasteiger partial charge is 0.154 e. The van der Waals surface area contributed by atoms with Crippen LogP contribution in [-0.2, 0) is 9.59 Å². The van der Waals surface area contributed by atoms with Crippen molar-refractivity contribution in [3.63, 3.8) is 0 Å². The van der Waals surface area contributed by atoms with Crippen LogP contribution in [0, 0.1) is 5.92 Å². The molecule has 0 aliphatic carbocycles. The largest absolute Gasteiger partial charge is 0.378 e. The highest BCUT2D eigenvalue weighted by atomic mass is 16.3. The molecule has 4 nitrogen and oxygen atoms in total. The molecule has 2 N–H and O–H groups in total. The van der Waals surface area contributed by atoms with E-state index >= 15 is 0 Å². The Bertz CT molecular complexity index is 225. The number of Topliss-reactive ketones (excluding diaryl/α,β-unsaturated/α-hetero) is 2. The summed E-state index contributed by atoms with van der Waals surface area (Å²) >= 11 is 0. The number of rotatable bonds is 3. The number of nitrogens with one attached hydrogen (secondary N) is 1. The summed E-state index contributed by atoms with van der Waals surface area (Å²) in [4.78, 5) is 22.4. The summed E-state index contributed by atoms with van der Waals surface area (Å²) in [5.41, 5.74) is 0. The van der Waals surface area contributed by atoms with Crippen molar-refractivity contribution in [2.24, 2.45) is 5.92 Å². The molecule has 13 heavy (non-hydrogen) atoms. The Hall–Kier alpha value is -0.740. The summed E-state index contributed by atoms with van der Waals surface area (Å²) in [5.74, 6) is -0.0613. The summed E-state index contributed by atoms with van der Waals surface area (Å²) in [5, 5.41) is 11.8. The predicted molar refractivity (Wildman–Crippen MR) is 47.0 cm³/mol. The van der Waals surface area contributed by atoms with E-state index in [9.17, 15) is 9.59 Å². The van der Waals surface area contributed by atoms with E-state index in [1.165, 1.54) is 0 Å². The quantitative estimate of drug-likeness (QED) is 0.641. The van der Waals surface area contributed by atoms with Crippen LogP contribution in [0.3, 0.4) is 0 Å². The molecule has 0 saturated carbocycles. The summed E-state index contributed by atoms with van der Waals surface area (Å²) in [6.07, 6.45) is -0.443. The minimum Gasteiger partial charge on any atom is -0.378 e. The normalized spacial score (nSPS) is 28.5. The highest BCUT2D eigenvalue weighted by Gasteiger charge is 2.32. The van der Waals surface area contributed by atoms with Crippen LogP contribution in [0.15, 0.2) is 0 Å². The van der Waals surface area contributed by atoms with E-state index in [0.29, 0.717) is 0 Å². The lowest BCUT2D eigenvalue weighted by Crippen LogP contribution is -2.34. The number of aliphatic hydroxyl groups is 1. The minimum atomic E-state index is -0.766. The Labute approximate surface area is 77.3 Å². The predicted octanol–water partition coefficient (Wildman–Crippen LogP) is -0.149. The van der Waals surface area contributed by atoms with Crippen LogP contribution in [0.2, 0.25) is 0 Å². The molecule has 1 aliphatic rings. The first-order valence-corrected chi connectivity index (χ1v) is 4.50. The molecule has 74 valence electrons. The highest BCUT2D eigenvalue weighted by Crippen LogP contribution is 2.12. The van der Waals surface area contributed by atoms with Crippen LogP contribution < -0.4 is 5.32 Å². The van der Waals surface area contributed by atoms with Gasteiger partial charge in [-0.2, -0.15) is 0 Å². The number of carbonyl (C=O) groups excluding carboxylic acids is 2. The van der Waals surface area contributed by atoms with Crippen molar-refractivity contribution in [2.45, 2.75) is 39.0 Å². The Kier molecular flexibility index (Phi) is 3.17. The van der Waals surface area contributed by atoms with Crippen LogP contribution >= 0.6 is 0 Å². The zero-order valence-electron chi connectivity index (χ0n) is 7.91. The number of carbonyl (C=O) groups is 2. The third kappa shape index (κ3) is 2.60. The van der Waals surface area contributed by atoms with Crippen LogP contribution in [-0.4, -0.2) is 28.9 Å². The molecule has 0 bridgehead atoms. The molecule has 1 aliphatic heterocycles. The average molecular weight is 185 g/mol. The van der Waals surface area contributed by atoms with Crippen LogP contribution in [0.5, 0.6) is 0 Å². The molecule has 1 saturated heterocycles. The molecular formula is C9H15NO3. The Morgan fingerprint density at radius 3 is 2.69 bits per heavy atom. The van der Waals surface area contributed by atoms with Crippen molar-refractivity contribution in [1.82, 2.24) is 5.32 Å². The maximum Gasteiger partial charge on any atom is 0.154 e. The molecular weight excluding hydrogens is 170 g/mol. The molecule has 1 fully saturated rings. The van der Waals surface area contributed by atoms with Gasteiger partial charge in [0.15, 0.2) is 5.78 Å². The van der Waals surface area contributed by atoms with Gasteiger partial charge >= 0.3 is 0 Å². The summed E-state index contributed by atoms with van der Waals surface area (Å²) < 4.78 is 0. The zero-order valence-corrected chi connectivity index (χ0v) is 7.91. The van der Waals surface area contributed by atoms with Crippen LogP contribution in [0.1, 0.15) is 26.7 Å². The fourth-order valence-corrected chi connectivity index (χ4v) is 1.33. The van der Waals surface area contributed by atoms with Crippen molar-refractivity contribution in [2.75, 3.05) is 0 Å². The van der Waals surface area contributed by atoms with E-state index in [4.69, 9.17) is 5.11 Å². The van der Waals surface area contributed by atoms with Crippen LogP contribution in [0.4, 0.5) is 0 Å². The van der Waals surface area contributed by atoms with Gasteiger partial charge < -0.3 is 5.11 Å². The van der Waals surface area contributed by atoms with Gasteiger partial charge in [-0.25, -0.2) is 0 Å². The van der Waals surface area contributed by atoms with Crippen molar-refractivity contribution in [1.29, 1.82) is 0 Å². The first-order chi connectivity index (χ1) is 6.00. The molecule has 1 unspecified atom stereocenters. The summed E-state index contributed by atoms with van der Waals surface area (Å²) in [6, 6.07) is -0.468. The third-order valence-electron chi connectivity index (χ3n) is 2.23. The van der Waals surface area contributed by atoms with Crippen LogP contribution in [0.25, 0.3) is 0 Å². The lowest BCUT2D eigenvalue weighted by atomic mass is 10.0. The van der Waals surface area contributed by atoms with Crippen molar-refractivity contribution in [3.8, 4) is 0 Å². The molecule has 0 aromatic carbocycles. The molecule has 0 amide bonds. The van der Waals surface area contributed by atoms with Gasteiger partial charge in [-0.15, -0.1) is 0 Å². The van der Waals surface area contributed by atoms with Gasteiger partial charge in [0, 0.05) is 18.8 Å². The molecule has 0 aromatic rings. The second kappa shape index (κ2) is 3.98.